The molecular weight excluding hydrogens is 304 g/mol. The van der Waals surface area contributed by atoms with Gasteiger partial charge in [0.25, 0.3) is 0 Å². The van der Waals surface area contributed by atoms with E-state index in [2.05, 4.69) is 0 Å². The molecule has 2 atom stereocenters. The summed E-state index contributed by atoms with van der Waals surface area (Å²) in [5.74, 6) is 0. The highest BCUT2D eigenvalue weighted by Crippen LogP contribution is 2.12. The number of hydrogen-bond donors (Lipinski definition) is 1. The second-order valence-electron chi connectivity index (χ2n) is 5.41. The smallest absolute Gasteiger partial charge is 0.0809 e. The number of ether oxygens (including phenoxy) is 6. The van der Waals surface area contributed by atoms with E-state index < -0.39 is 0 Å². The normalized spacial score (nSPS) is 19.3. The van der Waals surface area contributed by atoms with Crippen LogP contribution >= 0.6 is 0 Å². The molecule has 1 aliphatic rings. The van der Waals surface area contributed by atoms with Crippen molar-refractivity contribution < 1.29 is 33.5 Å². The maximum atomic E-state index is 8.51. The van der Waals surface area contributed by atoms with Crippen molar-refractivity contribution in [2.45, 2.75) is 32.0 Å². The summed E-state index contributed by atoms with van der Waals surface area (Å²) in [7, 11) is 0. The highest BCUT2D eigenvalue weighted by molar-refractivity contribution is 4.63. The molecule has 1 fully saturated rings. The van der Waals surface area contributed by atoms with Crippen molar-refractivity contribution in [3.8, 4) is 0 Å². The van der Waals surface area contributed by atoms with Crippen LogP contribution in [0.5, 0.6) is 0 Å². The predicted molar refractivity (Wildman–Crippen MR) is 84.7 cm³/mol. The Balaban J connectivity index is 1.74. The van der Waals surface area contributed by atoms with E-state index in [0.29, 0.717) is 59.5 Å². The Morgan fingerprint density at radius 3 is 2.22 bits per heavy atom. The molecular formula is C16H32O7. The van der Waals surface area contributed by atoms with Gasteiger partial charge in [-0.2, -0.15) is 0 Å². The van der Waals surface area contributed by atoms with Crippen LogP contribution in [0, 0.1) is 0 Å². The third-order valence-corrected chi connectivity index (χ3v) is 3.29. The monoisotopic (exact) mass is 336 g/mol. The average Bonchev–Trinajstić information content (AvgIpc) is 3.06. The SMILES string of the molecule is CC(COCC1CCCO1)OCCOCCOCCOCCO. The largest absolute Gasteiger partial charge is 0.394 e. The maximum Gasteiger partial charge on any atom is 0.0809 e. The van der Waals surface area contributed by atoms with Crippen LogP contribution in [-0.4, -0.2) is 90.0 Å². The fourth-order valence-corrected chi connectivity index (χ4v) is 2.10. The standard InChI is InChI=1S/C16H32O7/c1-15(13-21-14-16-3-2-5-23-16)22-12-11-20-10-9-19-8-7-18-6-4-17/h15-17H,2-14H2,1H3. The van der Waals surface area contributed by atoms with Gasteiger partial charge in [-0.25, -0.2) is 0 Å². The Bertz CT molecular complexity index is 247. The fourth-order valence-electron chi connectivity index (χ4n) is 2.10. The van der Waals surface area contributed by atoms with Crippen molar-refractivity contribution in [2.24, 2.45) is 0 Å². The molecule has 0 aromatic carbocycles. The first-order chi connectivity index (χ1) is 11.3. The van der Waals surface area contributed by atoms with Gasteiger partial charge in [0.05, 0.1) is 78.3 Å². The van der Waals surface area contributed by atoms with Gasteiger partial charge in [-0.1, -0.05) is 0 Å². The van der Waals surface area contributed by atoms with Gasteiger partial charge in [-0.05, 0) is 19.8 Å². The molecule has 1 rings (SSSR count). The van der Waals surface area contributed by atoms with Gasteiger partial charge >= 0.3 is 0 Å². The van der Waals surface area contributed by atoms with Crippen LogP contribution in [0.4, 0.5) is 0 Å². The first-order valence-electron chi connectivity index (χ1n) is 8.48. The van der Waals surface area contributed by atoms with E-state index in [1.54, 1.807) is 0 Å². The Morgan fingerprint density at radius 1 is 0.957 bits per heavy atom. The van der Waals surface area contributed by atoms with E-state index in [9.17, 15) is 0 Å². The molecule has 0 aliphatic carbocycles. The Labute approximate surface area is 139 Å². The van der Waals surface area contributed by atoms with Crippen LogP contribution in [0.15, 0.2) is 0 Å². The summed E-state index contributed by atoms with van der Waals surface area (Å²) >= 11 is 0. The fraction of sp³-hybridized carbons (Fsp3) is 1.00. The highest BCUT2D eigenvalue weighted by atomic mass is 16.6. The van der Waals surface area contributed by atoms with Gasteiger partial charge in [-0.3, -0.25) is 0 Å². The van der Waals surface area contributed by atoms with E-state index >= 15 is 0 Å². The Hall–Kier alpha value is -0.280. The molecule has 7 nitrogen and oxygen atoms in total. The number of aliphatic hydroxyl groups excluding tert-OH is 1. The van der Waals surface area contributed by atoms with E-state index in [1.165, 1.54) is 0 Å². The van der Waals surface area contributed by atoms with Crippen LogP contribution < -0.4 is 0 Å². The van der Waals surface area contributed by atoms with Crippen molar-refractivity contribution in [1.82, 2.24) is 0 Å². The molecule has 0 saturated carbocycles. The van der Waals surface area contributed by atoms with Gasteiger partial charge in [-0.15, -0.1) is 0 Å². The van der Waals surface area contributed by atoms with Crippen molar-refractivity contribution in [1.29, 1.82) is 0 Å². The van der Waals surface area contributed by atoms with Crippen molar-refractivity contribution in [2.75, 3.05) is 72.7 Å². The lowest BCUT2D eigenvalue weighted by atomic mass is 10.2. The molecule has 1 saturated heterocycles. The molecule has 1 N–H and O–H groups in total. The van der Waals surface area contributed by atoms with E-state index in [1.807, 2.05) is 6.92 Å². The molecule has 138 valence electrons. The summed E-state index contributed by atoms with van der Waals surface area (Å²) in [6.07, 6.45) is 2.55. The Kier molecular flexibility index (Phi) is 13.8. The van der Waals surface area contributed by atoms with Gasteiger partial charge in [0, 0.05) is 6.61 Å². The molecule has 0 bridgehead atoms. The van der Waals surface area contributed by atoms with E-state index in [4.69, 9.17) is 33.5 Å². The minimum atomic E-state index is 0.0426. The van der Waals surface area contributed by atoms with Crippen molar-refractivity contribution in [3.05, 3.63) is 0 Å². The first-order valence-corrected chi connectivity index (χ1v) is 8.48. The third kappa shape index (κ3) is 12.8. The molecule has 23 heavy (non-hydrogen) atoms. The molecule has 0 aromatic heterocycles. The quantitative estimate of drug-likeness (QED) is 0.414. The molecule has 0 radical (unpaired) electrons. The number of rotatable bonds is 16. The van der Waals surface area contributed by atoms with E-state index in [-0.39, 0.29) is 18.8 Å². The number of aliphatic hydroxyl groups is 1. The minimum absolute atomic E-state index is 0.0426. The predicted octanol–water partition coefficient (Wildman–Crippen LogP) is 0.629. The lowest BCUT2D eigenvalue weighted by Crippen LogP contribution is -2.22. The minimum Gasteiger partial charge on any atom is -0.394 e. The van der Waals surface area contributed by atoms with Gasteiger partial charge < -0.3 is 33.5 Å². The van der Waals surface area contributed by atoms with Crippen LogP contribution in [0.1, 0.15) is 19.8 Å². The topological polar surface area (TPSA) is 75.6 Å². The van der Waals surface area contributed by atoms with Gasteiger partial charge in [0.2, 0.25) is 0 Å². The first kappa shape index (κ1) is 20.8. The third-order valence-electron chi connectivity index (χ3n) is 3.29. The lowest BCUT2D eigenvalue weighted by Gasteiger charge is -2.15. The number of hydrogen-bond acceptors (Lipinski definition) is 7. The molecule has 0 spiro atoms. The Morgan fingerprint density at radius 2 is 1.61 bits per heavy atom. The summed E-state index contributed by atoms with van der Waals surface area (Å²) in [5.41, 5.74) is 0. The average molecular weight is 336 g/mol. The van der Waals surface area contributed by atoms with Gasteiger partial charge in [0.15, 0.2) is 0 Å². The van der Waals surface area contributed by atoms with Crippen LogP contribution in [-0.2, 0) is 28.4 Å². The molecule has 0 aromatic rings. The summed E-state index contributed by atoms with van der Waals surface area (Å²) in [6.45, 7) is 7.64. The second kappa shape index (κ2) is 15.3. The zero-order valence-electron chi connectivity index (χ0n) is 14.2. The van der Waals surface area contributed by atoms with Crippen LogP contribution in [0.2, 0.25) is 0 Å². The summed E-state index contributed by atoms with van der Waals surface area (Å²) in [5, 5.41) is 8.51. The summed E-state index contributed by atoms with van der Waals surface area (Å²) in [6, 6.07) is 0. The van der Waals surface area contributed by atoms with E-state index in [0.717, 1.165) is 19.4 Å². The van der Waals surface area contributed by atoms with Crippen LogP contribution in [0.3, 0.4) is 0 Å². The van der Waals surface area contributed by atoms with Crippen molar-refractivity contribution in [3.63, 3.8) is 0 Å². The van der Waals surface area contributed by atoms with Crippen LogP contribution in [0.25, 0.3) is 0 Å². The molecule has 2 unspecified atom stereocenters. The maximum absolute atomic E-state index is 8.51. The summed E-state index contributed by atoms with van der Waals surface area (Å²) in [4.78, 5) is 0. The second-order valence-corrected chi connectivity index (χ2v) is 5.41. The molecule has 0 amide bonds. The zero-order valence-corrected chi connectivity index (χ0v) is 14.2. The van der Waals surface area contributed by atoms with Gasteiger partial charge in [0.1, 0.15) is 0 Å². The summed E-state index contributed by atoms with van der Waals surface area (Å²) < 4.78 is 32.5. The highest BCUT2D eigenvalue weighted by Gasteiger charge is 2.15. The van der Waals surface area contributed by atoms with Crippen molar-refractivity contribution >= 4 is 0 Å². The lowest BCUT2D eigenvalue weighted by molar-refractivity contribution is -0.0541. The molecule has 7 heteroatoms. The zero-order chi connectivity index (χ0) is 16.6. The molecule has 1 aliphatic heterocycles. The molecule has 1 heterocycles.